The van der Waals surface area contributed by atoms with Gasteiger partial charge in [-0.3, -0.25) is 10.1 Å². The van der Waals surface area contributed by atoms with Gasteiger partial charge < -0.3 is 10.6 Å². The highest BCUT2D eigenvalue weighted by Crippen LogP contribution is 2.44. The summed E-state index contributed by atoms with van der Waals surface area (Å²) in [5.74, 6) is -0.683. The predicted molar refractivity (Wildman–Crippen MR) is 123 cm³/mol. The minimum Gasteiger partial charge on any atom is -0.350 e. The normalized spacial score (nSPS) is 14.2. The smallest absolute Gasteiger partial charge is 0.321 e. The zero-order valence-electron chi connectivity index (χ0n) is 17.9. The van der Waals surface area contributed by atoms with Crippen molar-refractivity contribution in [2.24, 2.45) is 5.41 Å². The molecule has 3 aromatic rings. The van der Waals surface area contributed by atoms with E-state index in [4.69, 9.17) is 0 Å². The van der Waals surface area contributed by atoms with E-state index in [1.165, 1.54) is 35.6 Å². The summed E-state index contributed by atoms with van der Waals surface area (Å²) in [6.07, 6.45) is 3.16. The van der Waals surface area contributed by atoms with Gasteiger partial charge in [0, 0.05) is 11.9 Å². The molecule has 33 heavy (non-hydrogen) atoms. The second-order valence-electron chi connectivity index (χ2n) is 8.20. The van der Waals surface area contributed by atoms with Crippen LogP contribution in [0.1, 0.15) is 36.1 Å². The number of halogens is 2. The monoisotopic (exact) mass is 470 g/mol. The molecular weight excluding hydrogens is 446 g/mol. The molecule has 1 saturated carbocycles. The van der Waals surface area contributed by atoms with Crippen LogP contribution in [-0.2, 0) is 24.3 Å². The Morgan fingerprint density at radius 2 is 1.76 bits per heavy atom. The van der Waals surface area contributed by atoms with Crippen LogP contribution in [-0.4, -0.2) is 16.9 Å². The van der Waals surface area contributed by atoms with Gasteiger partial charge >= 0.3 is 6.03 Å². The van der Waals surface area contributed by atoms with E-state index in [2.05, 4.69) is 20.9 Å². The van der Waals surface area contributed by atoms with Crippen molar-refractivity contribution in [3.63, 3.8) is 0 Å². The summed E-state index contributed by atoms with van der Waals surface area (Å²) in [4.78, 5) is 29.3. The molecule has 0 radical (unpaired) electrons. The van der Waals surface area contributed by atoms with Crippen LogP contribution >= 0.6 is 11.3 Å². The molecule has 1 aliphatic carbocycles. The Balaban J connectivity index is 1.26. The molecule has 0 spiro atoms. The topological polar surface area (TPSA) is 83.1 Å². The summed E-state index contributed by atoms with van der Waals surface area (Å²) in [5, 5.41) is 10.4. The molecule has 1 aliphatic rings. The van der Waals surface area contributed by atoms with Gasteiger partial charge in [-0.1, -0.05) is 30.7 Å². The Morgan fingerprint density at radius 1 is 0.970 bits per heavy atom. The lowest BCUT2D eigenvalue weighted by Crippen LogP contribution is -2.47. The Labute approximate surface area is 194 Å². The lowest BCUT2D eigenvalue weighted by molar-refractivity contribution is -0.136. The first kappa shape index (κ1) is 22.8. The first-order chi connectivity index (χ1) is 15.9. The maximum Gasteiger partial charge on any atom is 0.321 e. The number of amides is 3. The largest absolute Gasteiger partial charge is 0.350 e. The van der Waals surface area contributed by atoms with Gasteiger partial charge in [0.25, 0.3) is 0 Å². The highest BCUT2D eigenvalue weighted by molar-refractivity contribution is 7.13. The molecule has 0 bridgehead atoms. The summed E-state index contributed by atoms with van der Waals surface area (Å²) in [6, 6.07) is 11.8. The number of hydrogen-bond acceptors (Lipinski definition) is 4. The molecule has 2 aromatic carbocycles. The second-order valence-corrected chi connectivity index (χ2v) is 9.06. The van der Waals surface area contributed by atoms with Crippen molar-refractivity contribution in [1.82, 2.24) is 15.6 Å². The number of thiazole rings is 1. The zero-order chi connectivity index (χ0) is 23.3. The van der Waals surface area contributed by atoms with Crippen LogP contribution in [0.15, 0.2) is 53.9 Å². The number of benzene rings is 2. The molecule has 0 saturated heterocycles. The van der Waals surface area contributed by atoms with Gasteiger partial charge in [-0.15, -0.1) is 11.3 Å². The van der Waals surface area contributed by atoms with Crippen LogP contribution in [0.5, 0.6) is 0 Å². The van der Waals surface area contributed by atoms with Gasteiger partial charge in [0.2, 0.25) is 5.91 Å². The van der Waals surface area contributed by atoms with E-state index in [1.54, 1.807) is 29.6 Å². The molecule has 0 aliphatic heterocycles. The van der Waals surface area contributed by atoms with Crippen molar-refractivity contribution >= 4 is 28.4 Å². The van der Waals surface area contributed by atoms with Gasteiger partial charge in [-0.25, -0.2) is 18.6 Å². The minimum absolute atomic E-state index is 0.0339. The lowest BCUT2D eigenvalue weighted by Gasteiger charge is -2.40. The Hall–Kier alpha value is -3.33. The van der Waals surface area contributed by atoms with E-state index in [-0.39, 0.29) is 30.6 Å². The molecule has 0 unspecified atom stereocenters. The quantitative estimate of drug-likeness (QED) is 0.443. The number of hydrogen-bond donors (Lipinski definition) is 3. The molecule has 6 nitrogen and oxygen atoms in total. The number of nitrogens with zero attached hydrogens (tertiary/aromatic N) is 1. The third-order valence-electron chi connectivity index (χ3n) is 5.79. The fraction of sp³-hybridized carbons (Fsp3) is 0.292. The minimum atomic E-state index is -0.467. The van der Waals surface area contributed by atoms with E-state index in [9.17, 15) is 18.4 Å². The molecule has 9 heteroatoms. The Morgan fingerprint density at radius 3 is 2.45 bits per heavy atom. The van der Waals surface area contributed by atoms with E-state index in [0.29, 0.717) is 22.8 Å². The molecule has 4 rings (SSSR count). The van der Waals surface area contributed by atoms with Crippen LogP contribution < -0.4 is 16.0 Å². The number of rotatable bonds is 8. The fourth-order valence-corrected chi connectivity index (χ4v) is 4.56. The van der Waals surface area contributed by atoms with E-state index < -0.39 is 11.4 Å². The van der Waals surface area contributed by atoms with E-state index in [1.807, 2.05) is 0 Å². The summed E-state index contributed by atoms with van der Waals surface area (Å²) >= 11 is 1.25. The molecule has 3 amide bonds. The second kappa shape index (κ2) is 10.1. The maximum atomic E-state index is 13.2. The maximum absolute atomic E-state index is 13.2. The Kier molecular flexibility index (Phi) is 6.98. The number of aromatic nitrogens is 1. The molecule has 172 valence electrons. The average molecular weight is 471 g/mol. The number of carbonyl (C=O) groups is 2. The number of urea groups is 1. The molecule has 3 N–H and O–H groups in total. The van der Waals surface area contributed by atoms with Crippen LogP contribution in [0, 0.1) is 17.0 Å². The number of anilines is 1. The molecule has 1 fully saturated rings. The van der Waals surface area contributed by atoms with Crippen molar-refractivity contribution in [2.75, 3.05) is 5.32 Å². The summed E-state index contributed by atoms with van der Waals surface area (Å²) in [6.45, 7) is 0.446. The number of carbonyl (C=O) groups excluding carboxylic acids is 2. The summed E-state index contributed by atoms with van der Waals surface area (Å²) in [5.41, 5.74) is 1.77. The first-order valence-corrected chi connectivity index (χ1v) is 11.6. The zero-order valence-corrected chi connectivity index (χ0v) is 18.7. The predicted octanol–water partition coefficient (Wildman–Crippen LogP) is 4.77. The van der Waals surface area contributed by atoms with Gasteiger partial charge in [-0.05, 0) is 54.7 Å². The van der Waals surface area contributed by atoms with Crippen molar-refractivity contribution in [3.8, 4) is 0 Å². The molecular formula is C24H24F2N4O2S. The van der Waals surface area contributed by atoms with Gasteiger partial charge in [-0.2, -0.15) is 0 Å². The third-order valence-corrected chi connectivity index (χ3v) is 6.60. The van der Waals surface area contributed by atoms with Crippen LogP contribution in [0.25, 0.3) is 0 Å². The standard InChI is InChI=1S/C24H24F2N4O2S/c25-18-7-5-16(6-8-18)12-24(9-2-10-24)21(31)27-14-20-15-33-23(29-20)30-22(32)28-13-17-3-1-4-19(26)11-17/h1,3-8,11,15H,2,9-10,12-14H2,(H,27,31)(H2,28,29,30,32). The van der Waals surface area contributed by atoms with Crippen molar-refractivity contribution in [2.45, 2.75) is 38.8 Å². The molecule has 1 heterocycles. The lowest BCUT2D eigenvalue weighted by atomic mass is 9.64. The summed E-state index contributed by atoms with van der Waals surface area (Å²) < 4.78 is 26.4. The molecule has 1 aromatic heterocycles. The van der Waals surface area contributed by atoms with Crippen molar-refractivity contribution < 1.29 is 18.4 Å². The molecule has 0 atom stereocenters. The van der Waals surface area contributed by atoms with Crippen LogP contribution in [0.2, 0.25) is 0 Å². The Bertz CT molecular complexity index is 1130. The van der Waals surface area contributed by atoms with Crippen molar-refractivity contribution in [1.29, 1.82) is 0 Å². The third kappa shape index (κ3) is 5.92. The van der Waals surface area contributed by atoms with Gasteiger partial charge in [0.1, 0.15) is 11.6 Å². The number of nitrogens with one attached hydrogen (secondary N) is 3. The average Bonchev–Trinajstić information content (AvgIpc) is 3.22. The van der Waals surface area contributed by atoms with Gasteiger partial charge in [0.15, 0.2) is 5.13 Å². The SMILES string of the molecule is O=C(NCc1cccc(F)c1)Nc1nc(CNC(=O)C2(Cc3ccc(F)cc3)CCC2)cs1. The van der Waals surface area contributed by atoms with Crippen molar-refractivity contribution in [3.05, 3.63) is 82.4 Å². The van der Waals surface area contributed by atoms with Gasteiger partial charge in [0.05, 0.1) is 17.7 Å². The van der Waals surface area contributed by atoms with E-state index >= 15 is 0 Å². The highest BCUT2D eigenvalue weighted by Gasteiger charge is 2.43. The van der Waals surface area contributed by atoms with Crippen LogP contribution in [0.4, 0.5) is 18.7 Å². The summed E-state index contributed by atoms with van der Waals surface area (Å²) in [7, 11) is 0. The first-order valence-electron chi connectivity index (χ1n) is 10.7. The van der Waals surface area contributed by atoms with E-state index in [0.717, 1.165) is 24.8 Å². The fourth-order valence-electron chi connectivity index (χ4n) is 3.86. The van der Waals surface area contributed by atoms with Crippen LogP contribution in [0.3, 0.4) is 0 Å². The highest BCUT2D eigenvalue weighted by atomic mass is 32.1.